The van der Waals surface area contributed by atoms with Crippen LogP contribution in [0.1, 0.15) is 115 Å². The van der Waals surface area contributed by atoms with Gasteiger partial charge in [-0.3, -0.25) is 0 Å². The van der Waals surface area contributed by atoms with Crippen LogP contribution in [0.25, 0.3) is 5.57 Å². The van der Waals surface area contributed by atoms with E-state index in [9.17, 15) is 15.0 Å². The molecular weight excluding hydrogens is 528 g/mol. The summed E-state index contributed by atoms with van der Waals surface area (Å²) in [5, 5.41) is 20.6. The van der Waals surface area contributed by atoms with Gasteiger partial charge in [0, 0.05) is 6.61 Å². The summed E-state index contributed by atoms with van der Waals surface area (Å²) in [7, 11) is 0. The van der Waals surface area contributed by atoms with Crippen LogP contribution in [0.5, 0.6) is 0 Å². The maximum absolute atomic E-state index is 11.6. The van der Waals surface area contributed by atoms with Crippen molar-refractivity contribution in [2.45, 2.75) is 99.3 Å². The van der Waals surface area contributed by atoms with Gasteiger partial charge in [-0.15, -0.1) is 0 Å². The number of aliphatic hydroxyl groups excluding tert-OH is 1. The van der Waals surface area contributed by atoms with Crippen molar-refractivity contribution in [3.8, 4) is 0 Å². The number of carboxylic acid groups (broad SMARTS) is 1. The summed E-state index contributed by atoms with van der Waals surface area (Å²) < 4.78 is 0. The van der Waals surface area contributed by atoms with Gasteiger partial charge >= 0.3 is 5.97 Å². The number of aliphatic hydroxyl groups is 1. The summed E-state index contributed by atoms with van der Waals surface area (Å²) in [5.41, 5.74) is 4.72. The third kappa shape index (κ3) is 3.83. The van der Waals surface area contributed by atoms with Crippen molar-refractivity contribution in [2.75, 3.05) is 6.61 Å². The van der Waals surface area contributed by atoms with E-state index in [2.05, 4.69) is 54.2 Å². The molecule has 0 aromatic heterocycles. The Morgan fingerprint density at radius 3 is 2.34 bits per heavy atom. The van der Waals surface area contributed by atoms with Gasteiger partial charge < -0.3 is 10.2 Å². The number of halogens is 1. The molecule has 0 amide bonds. The number of hydrogen-bond acceptors (Lipinski definition) is 2. The summed E-state index contributed by atoms with van der Waals surface area (Å²) in [6.07, 6.45) is 13.3. The highest BCUT2D eigenvalue weighted by Gasteiger charge is 2.70. The van der Waals surface area contributed by atoms with Crippen molar-refractivity contribution >= 4 is 23.1 Å². The Kier molecular flexibility index (Phi) is 6.80. The van der Waals surface area contributed by atoms with Gasteiger partial charge in [-0.2, -0.15) is 0 Å². The molecule has 3 nitrogen and oxygen atoms in total. The summed E-state index contributed by atoms with van der Waals surface area (Å²) in [6.45, 7) is 19.8. The van der Waals surface area contributed by atoms with Crippen molar-refractivity contribution in [1.29, 1.82) is 0 Å². The Hall–Kier alpha value is -1.58. The van der Waals surface area contributed by atoms with Crippen molar-refractivity contribution < 1.29 is 15.0 Å². The number of benzene rings is 1. The lowest BCUT2D eigenvalue weighted by Crippen LogP contribution is -2.65. The van der Waals surface area contributed by atoms with Crippen molar-refractivity contribution in [2.24, 2.45) is 56.7 Å². The number of rotatable bonds is 4. The smallest absolute Gasteiger partial charge is 0.337 e. The first kappa shape index (κ1) is 29.5. The van der Waals surface area contributed by atoms with Gasteiger partial charge in [0.25, 0.3) is 0 Å². The molecule has 5 aliphatic carbocycles. The molecule has 1 aromatic carbocycles. The molecule has 4 heteroatoms. The van der Waals surface area contributed by atoms with E-state index in [4.69, 9.17) is 11.6 Å². The summed E-state index contributed by atoms with van der Waals surface area (Å²) >= 11 is 6.45. The Balaban J connectivity index is 1.37. The number of fused-ring (bicyclic) bond motifs is 7. The SMILES string of the molecule is C=C(C)[C@@H]1CC[C@]2(CO)CC[C@]3(C)[C@H](CC[C@@H]4[C@@]5(C)CC=C(c6ccc(C(=O)O)c(Cl)c6)C(C)(C)[C@@H]5CC[C@]43C)[C@@H]12. The quantitative estimate of drug-likeness (QED) is 0.350. The van der Waals surface area contributed by atoms with Crippen LogP contribution in [-0.2, 0) is 0 Å². The maximum Gasteiger partial charge on any atom is 0.337 e. The summed E-state index contributed by atoms with van der Waals surface area (Å²) in [5.74, 6) is 2.02. The molecule has 5 aliphatic rings. The molecule has 0 unspecified atom stereocenters. The molecule has 2 N–H and O–H groups in total. The van der Waals surface area contributed by atoms with E-state index in [1.807, 2.05) is 12.1 Å². The van der Waals surface area contributed by atoms with Gasteiger partial charge in [0.2, 0.25) is 0 Å². The van der Waals surface area contributed by atoms with Gasteiger partial charge in [-0.1, -0.05) is 70.5 Å². The number of carboxylic acids is 1. The van der Waals surface area contributed by atoms with E-state index < -0.39 is 5.97 Å². The van der Waals surface area contributed by atoms with Gasteiger partial charge in [0.1, 0.15) is 0 Å². The molecule has 4 fully saturated rings. The molecule has 0 radical (unpaired) electrons. The molecule has 1 aromatic rings. The van der Waals surface area contributed by atoms with Gasteiger partial charge in [0.15, 0.2) is 0 Å². The van der Waals surface area contributed by atoms with Crippen molar-refractivity contribution in [1.82, 2.24) is 0 Å². The minimum atomic E-state index is -0.979. The molecule has 0 aliphatic heterocycles. The first-order valence-corrected chi connectivity index (χ1v) is 16.5. The normalized spacial score (nSPS) is 44.6. The molecule has 0 bridgehead atoms. The van der Waals surface area contributed by atoms with Crippen LogP contribution < -0.4 is 0 Å². The first-order valence-electron chi connectivity index (χ1n) is 16.2. The molecule has 0 heterocycles. The van der Waals surface area contributed by atoms with Crippen LogP contribution in [0.15, 0.2) is 36.4 Å². The van der Waals surface area contributed by atoms with Crippen LogP contribution in [-0.4, -0.2) is 22.8 Å². The predicted molar refractivity (Wildman–Crippen MR) is 168 cm³/mol. The van der Waals surface area contributed by atoms with Crippen LogP contribution in [0.3, 0.4) is 0 Å². The van der Waals surface area contributed by atoms with Gasteiger partial charge in [0.05, 0.1) is 10.6 Å². The third-order valence-corrected chi connectivity index (χ3v) is 15.0. The number of hydrogen-bond donors (Lipinski definition) is 2. The zero-order chi connectivity index (χ0) is 29.8. The molecule has 4 saturated carbocycles. The van der Waals surface area contributed by atoms with Gasteiger partial charge in [-0.05, 0) is 145 Å². The minimum absolute atomic E-state index is 0.0325. The Morgan fingerprint density at radius 1 is 0.976 bits per heavy atom. The molecule has 6 rings (SSSR count). The summed E-state index contributed by atoms with van der Waals surface area (Å²) in [6, 6.07) is 5.50. The Labute approximate surface area is 252 Å². The fourth-order valence-electron chi connectivity index (χ4n) is 12.5. The van der Waals surface area contributed by atoms with Crippen molar-refractivity contribution in [3.05, 3.63) is 52.6 Å². The highest BCUT2D eigenvalue weighted by molar-refractivity contribution is 6.33. The lowest BCUT2D eigenvalue weighted by molar-refractivity contribution is -0.228. The second-order valence-corrected chi connectivity index (χ2v) is 16.7. The highest BCUT2D eigenvalue weighted by Crippen LogP contribution is 2.77. The highest BCUT2D eigenvalue weighted by atomic mass is 35.5. The zero-order valence-corrected chi connectivity index (χ0v) is 26.9. The Morgan fingerprint density at radius 2 is 1.71 bits per heavy atom. The maximum atomic E-state index is 11.6. The zero-order valence-electron chi connectivity index (χ0n) is 26.2. The van der Waals surface area contributed by atoms with Crippen LogP contribution in [0, 0.1) is 56.7 Å². The number of allylic oxidation sites excluding steroid dienone is 3. The van der Waals surface area contributed by atoms with E-state index in [-0.39, 0.29) is 32.6 Å². The van der Waals surface area contributed by atoms with Crippen LogP contribution >= 0.6 is 11.6 Å². The molecule has 9 atom stereocenters. The molecule has 0 saturated heterocycles. The second-order valence-electron chi connectivity index (χ2n) is 16.2. The van der Waals surface area contributed by atoms with Crippen LogP contribution in [0.2, 0.25) is 5.02 Å². The lowest BCUT2D eigenvalue weighted by Gasteiger charge is -2.72. The molecule has 41 heavy (non-hydrogen) atoms. The van der Waals surface area contributed by atoms with Gasteiger partial charge in [-0.25, -0.2) is 4.79 Å². The Bertz CT molecular complexity index is 1310. The van der Waals surface area contributed by atoms with Crippen molar-refractivity contribution in [3.63, 3.8) is 0 Å². The minimum Gasteiger partial charge on any atom is -0.478 e. The topological polar surface area (TPSA) is 57.5 Å². The van der Waals surface area contributed by atoms with E-state index in [0.717, 1.165) is 24.8 Å². The predicted octanol–water partition coefficient (Wildman–Crippen LogP) is 9.68. The van der Waals surface area contributed by atoms with E-state index >= 15 is 0 Å². The summed E-state index contributed by atoms with van der Waals surface area (Å²) in [4.78, 5) is 11.6. The lowest BCUT2D eigenvalue weighted by atomic mass is 9.32. The molecule has 0 spiro atoms. The number of aromatic carboxylic acids is 1. The third-order valence-electron chi connectivity index (χ3n) is 14.6. The fourth-order valence-corrected chi connectivity index (χ4v) is 12.8. The molecule has 224 valence electrons. The second kappa shape index (κ2) is 9.46. The number of carbonyl (C=O) groups is 1. The van der Waals surface area contributed by atoms with E-state index in [0.29, 0.717) is 41.2 Å². The van der Waals surface area contributed by atoms with Crippen LogP contribution in [0.4, 0.5) is 0 Å². The van der Waals surface area contributed by atoms with E-state index in [1.165, 1.54) is 49.7 Å². The first-order chi connectivity index (χ1) is 19.2. The monoisotopic (exact) mass is 578 g/mol. The average molecular weight is 579 g/mol. The average Bonchev–Trinajstić information content (AvgIpc) is 3.29. The standard InChI is InChI=1S/C37H51ClO3/c1-22(2)24-12-17-37(21-39)19-18-35(6)27(31(24)37)10-11-30-34(5)15-13-26(23-8-9-25(32(40)41)28(38)20-23)33(3,4)29(34)14-16-36(30,35)7/h8-9,13,20,24,27,29-31,39H,1,10-12,14-19,21H2,2-7H3,(H,40,41)/t24-,27+,29-,30+,31+,34-,35+,36+,37+/m0/s1. The fraction of sp³-hybridized carbons (Fsp3) is 0.703. The molecular formula is C37H51ClO3. The largest absolute Gasteiger partial charge is 0.478 e. The van der Waals surface area contributed by atoms with E-state index in [1.54, 1.807) is 6.07 Å².